The first-order valence-electron chi connectivity index (χ1n) is 46.0. The minimum absolute atomic E-state index is 0.217. The van der Waals surface area contributed by atoms with E-state index in [1.54, 1.807) is 0 Å². The van der Waals surface area contributed by atoms with Crippen LogP contribution in [0, 0.1) is 13.8 Å². The molecule has 0 N–H and O–H groups in total. The molecule has 0 unspecified atom stereocenters. The van der Waals surface area contributed by atoms with Crippen molar-refractivity contribution < 1.29 is 0 Å². The van der Waals surface area contributed by atoms with E-state index < -0.39 is 0 Å². The number of fused-ring (bicyclic) bond motifs is 8. The highest BCUT2D eigenvalue weighted by atomic mass is 15.2. The molecule has 0 fully saturated rings. The summed E-state index contributed by atoms with van der Waals surface area (Å²) in [5.74, 6) is 0. The predicted molar refractivity (Wildman–Crippen MR) is 562 cm³/mol. The Bertz CT molecular complexity index is 8100. The largest absolute Gasteiger partial charge is 0.311 e. The van der Waals surface area contributed by atoms with Crippen molar-refractivity contribution in [3.63, 3.8) is 0 Å². The Morgan fingerprint density at radius 2 is 0.485 bits per heavy atom. The lowest BCUT2D eigenvalue weighted by atomic mass is 9.31. The molecule has 22 aromatic carbocycles. The number of benzene rings is 22. The van der Waals surface area contributed by atoms with Crippen LogP contribution in [0.5, 0.6) is 0 Å². The zero-order chi connectivity index (χ0) is 87.2. The SMILES string of the molecule is Cc1ccc2c(c1)N(c1ccccc1)c1cc(C)cc3c1B2c1cc2c(-c4c(-c5ccccc5)cc(-c5ccccc5)cc4-c4ccccc4)cc4c5c(cc6c(-c7c(-c8ccccc8)cc(-c8ccccc8)cc7-c7ccccc7)cc-3c1c6c25)B1c2ccc(N(c3ccccc3)c3ccccc3)cc2N(c2ccccc2)c2cc(N(c3ccccc3)c3ccccc3)cc-4c21. The number of para-hydroxylation sites is 6. The molecule has 132 heavy (non-hydrogen) atoms. The van der Waals surface area contributed by atoms with Gasteiger partial charge in [0.25, 0.3) is 0 Å². The molecular formula is C126H84B2N4. The normalized spacial score (nSPS) is 12.4. The van der Waals surface area contributed by atoms with E-state index in [1.807, 2.05) is 0 Å². The molecule has 0 atom stereocenters. The van der Waals surface area contributed by atoms with Gasteiger partial charge in [-0.15, -0.1) is 0 Å². The highest BCUT2D eigenvalue weighted by Crippen LogP contribution is 2.58. The Morgan fingerprint density at radius 1 is 0.182 bits per heavy atom. The second-order valence-electron chi connectivity index (χ2n) is 35.8. The monoisotopic (exact) mass is 1670 g/mol. The van der Waals surface area contributed by atoms with E-state index in [-0.39, 0.29) is 13.4 Å². The molecular weight excluding hydrogens is 1590 g/mol. The van der Waals surface area contributed by atoms with Crippen molar-refractivity contribution in [3.8, 4) is 111 Å². The first kappa shape index (κ1) is 76.4. The molecule has 0 radical (unpaired) electrons. The molecule has 0 aromatic heterocycles. The predicted octanol–water partition coefficient (Wildman–Crippen LogP) is 30.0. The van der Waals surface area contributed by atoms with Crippen LogP contribution in [0.1, 0.15) is 11.1 Å². The topological polar surface area (TPSA) is 13.0 Å². The van der Waals surface area contributed by atoms with Gasteiger partial charge in [0.05, 0.1) is 0 Å². The molecule has 26 rings (SSSR count). The number of hydrogen-bond donors (Lipinski definition) is 0. The lowest BCUT2D eigenvalue weighted by Gasteiger charge is -2.43. The van der Waals surface area contributed by atoms with E-state index in [0.29, 0.717) is 0 Å². The third-order valence-corrected chi connectivity index (χ3v) is 28.1. The molecule has 4 aliphatic rings. The summed E-state index contributed by atoms with van der Waals surface area (Å²) >= 11 is 0. The highest BCUT2D eigenvalue weighted by Gasteiger charge is 2.47. The third kappa shape index (κ3) is 12.2. The molecule has 0 spiro atoms. The second kappa shape index (κ2) is 31.0. The van der Waals surface area contributed by atoms with Crippen LogP contribution in [0.15, 0.2) is 473 Å². The quantitative estimate of drug-likeness (QED) is 0.0706. The molecule has 4 nitrogen and oxygen atoms in total. The average Bonchev–Trinajstić information content (AvgIpc) is 0.661. The molecule has 4 heterocycles. The lowest BCUT2D eigenvalue weighted by molar-refractivity contribution is 1.24. The number of aryl methyl sites for hydroxylation is 2. The van der Waals surface area contributed by atoms with E-state index in [9.17, 15) is 0 Å². The zero-order valence-electron chi connectivity index (χ0n) is 73.0. The Kier molecular flexibility index (Phi) is 18.0. The van der Waals surface area contributed by atoms with Crippen LogP contribution in [0.25, 0.3) is 144 Å². The van der Waals surface area contributed by atoms with Gasteiger partial charge in [-0.3, -0.25) is 0 Å². The summed E-state index contributed by atoms with van der Waals surface area (Å²) in [6.45, 7) is 4.02. The minimum atomic E-state index is -0.349. The molecule has 0 saturated heterocycles. The van der Waals surface area contributed by atoms with Gasteiger partial charge in [-0.1, -0.05) is 339 Å². The molecule has 0 amide bonds. The van der Waals surface area contributed by atoms with Crippen molar-refractivity contribution in [1.29, 1.82) is 0 Å². The zero-order valence-corrected chi connectivity index (χ0v) is 73.0. The van der Waals surface area contributed by atoms with Crippen molar-refractivity contribution in [2.24, 2.45) is 0 Å². The third-order valence-electron chi connectivity index (χ3n) is 28.1. The maximum absolute atomic E-state index is 2.76. The maximum atomic E-state index is 2.76. The summed E-state index contributed by atoms with van der Waals surface area (Å²) < 4.78 is 0. The molecule has 22 aromatic rings. The second-order valence-corrected chi connectivity index (χ2v) is 35.8. The van der Waals surface area contributed by atoms with Crippen molar-refractivity contribution in [2.45, 2.75) is 13.8 Å². The van der Waals surface area contributed by atoms with Crippen molar-refractivity contribution in [3.05, 3.63) is 484 Å². The smallest absolute Gasteiger partial charge is 0.248 e. The van der Waals surface area contributed by atoms with Gasteiger partial charge in [0.15, 0.2) is 0 Å². The summed E-state index contributed by atoms with van der Waals surface area (Å²) in [6.07, 6.45) is 0. The van der Waals surface area contributed by atoms with E-state index in [0.717, 1.165) is 129 Å². The Balaban J connectivity index is 0.910. The number of anilines is 12. The fourth-order valence-corrected chi connectivity index (χ4v) is 22.7. The Morgan fingerprint density at radius 3 is 0.864 bits per heavy atom. The number of hydrogen-bond acceptors (Lipinski definition) is 4. The average molecular weight is 1680 g/mol. The van der Waals surface area contributed by atoms with Crippen LogP contribution < -0.4 is 52.4 Å². The van der Waals surface area contributed by atoms with Gasteiger partial charge in [-0.2, -0.15) is 0 Å². The van der Waals surface area contributed by atoms with Crippen LogP contribution in [-0.2, 0) is 0 Å². The van der Waals surface area contributed by atoms with E-state index in [2.05, 4.69) is 507 Å². The first-order valence-corrected chi connectivity index (χ1v) is 46.0. The van der Waals surface area contributed by atoms with E-state index in [1.165, 1.54) is 127 Å². The number of nitrogens with zero attached hydrogens (tertiary/aromatic N) is 4. The summed E-state index contributed by atoms with van der Waals surface area (Å²) in [4.78, 5) is 10.1. The Labute approximate surface area is 770 Å². The molecule has 0 aliphatic carbocycles. The Hall–Kier alpha value is -16.8. The van der Waals surface area contributed by atoms with Crippen molar-refractivity contribution in [1.82, 2.24) is 0 Å². The molecule has 0 bridgehead atoms. The molecule has 0 saturated carbocycles. The molecule has 4 aliphatic heterocycles. The van der Waals surface area contributed by atoms with Crippen LogP contribution in [-0.4, -0.2) is 13.4 Å². The van der Waals surface area contributed by atoms with Crippen LogP contribution in [0.4, 0.5) is 68.2 Å². The summed E-state index contributed by atoms with van der Waals surface area (Å²) in [6, 6.07) is 179. The van der Waals surface area contributed by atoms with Crippen molar-refractivity contribution >= 4 is 147 Å². The van der Waals surface area contributed by atoms with Gasteiger partial charge in [0.1, 0.15) is 0 Å². The van der Waals surface area contributed by atoms with E-state index >= 15 is 0 Å². The van der Waals surface area contributed by atoms with Gasteiger partial charge in [-0.25, -0.2) is 0 Å². The van der Waals surface area contributed by atoms with Gasteiger partial charge in [0.2, 0.25) is 13.4 Å². The first-order chi connectivity index (χ1) is 65.3. The summed E-state index contributed by atoms with van der Waals surface area (Å²) in [5, 5.41) is 7.43. The fourth-order valence-electron chi connectivity index (χ4n) is 22.7. The van der Waals surface area contributed by atoms with Gasteiger partial charge in [0, 0.05) is 68.2 Å². The molecule has 614 valence electrons. The van der Waals surface area contributed by atoms with E-state index in [4.69, 9.17) is 0 Å². The van der Waals surface area contributed by atoms with Crippen molar-refractivity contribution in [2.75, 3.05) is 19.6 Å². The highest BCUT2D eigenvalue weighted by molar-refractivity contribution is 7.02. The molecule has 6 heteroatoms. The number of rotatable bonds is 16. The lowest BCUT2D eigenvalue weighted by Crippen LogP contribution is -2.60. The minimum Gasteiger partial charge on any atom is -0.311 e. The maximum Gasteiger partial charge on any atom is 0.248 e. The van der Waals surface area contributed by atoms with Gasteiger partial charge >= 0.3 is 0 Å². The van der Waals surface area contributed by atoms with Crippen LogP contribution in [0.2, 0.25) is 0 Å². The van der Waals surface area contributed by atoms with Gasteiger partial charge < -0.3 is 19.6 Å². The fraction of sp³-hybridized carbons (Fsp3) is 0.0159. The van der Waals surface area contributed by atoms with Crippen LogP contribution >= 0.6 is 0 Å². The summed E-state index contributed by atoms with van der Waals surface area (Å²) in [7, 11) is 0. The standard InChI is InChI=1S/C126H84B2N4/c1-81-63-65-111-115(68-81)131(95-59-35-13-36-60-95)117-69-82(2)67-109-105-77-103(119-99(85-43-19-5-20-44-85)70-89(83-39-15-3-16-40-83)71-100(119)86-45-21-6-22-46-86)107-80-114-122-106(78-104(108-79-113(127(111)125(109)117)121(105)123(107)124(108)122)120-101(87-47-23-7-24-48-87)72-90(84-41-17-4-18-42-84)73-102(120)88-49-25-8-26-50-88)110-74-98(130(93-55-31-11-32-56-93)94-57-33-12-34-58-94)76-118-126(110)128(114)112-66-64-97(75-116(112)132(118)96-61-37-14-38-62-96)129(91-51-27-9-28-52-91)92-53-29-10-30-54-92/h3-80H,1-2H3. The van der Waals surface area contributed by atoms with Gasteiger partial charge in [-0.05, 0) is 336 Å². The summed E-state index contributed by atoms with van der Waals surface area (Å²) in [5.41, 5.74) is 46.3. The van der Waals surface area contributed by atoms with Crippen LogP contribution in [0.3, 0.4) is 0 Å².